The monoisotopic (exact) mass is 563 g/mol. The Hall–Kier alpha value is -1.89. The first-order chi connectivity index (χ1) is 14.4. The molecule has 0 saturated carbocycles. The van der Waals surface area contributed by atoms with Crippen molar-refractivity contribution in [2.45, 2.75) is 38.1 Å². The van der Waals surface area contributed by atoms with Gasteiger partial charge in [-0.1, -0.05) is 18.2 Å². The molecule has 2 unspecified atom stereocenters. The summed E-state index contributed by atoms with van der Waals surface area (Å²) >= 11 is 0. The third-order valence-corrected chi connectivity index (χ3v) is 6.93. The molecule has 2 aliphatic heterocycles. The van der Waals surface area contributed by atoms with Crippen molar-refractivity contribution in [3.8, 4) is 0 Å². The molecule has 2 amide bonds. The zero-order chi connectivity index (χ0) is 21.6. The van der Waals surface area contributed by atoms with Crippen molar-refractivity contribution in [3.63, 3.8) is 0 Å². The molecule has 2 aliphatic rings. The number of carbonyl (C=O) groups excluding carboxylic acids is 2. The Morgan fingerprint density at radius 3 is 2.74 bits per heavy atom. The SMILES string of the molecule is CCNC(=NCC1CC(=O)Nc2ccccc21)NCCC(=O)NC1CCS(=O)(=O)C1.I. The van der Waals surface area contributed by atoms with Gasteiger partial charge in [0.15, 0.2) is 15.8 Å². The molecule has 1 fully saturated rings. The molecule has 9 nitrogen and oxygen atoms in total. The van der Waals surface area contributed by atoms with E-state index in [1.54, 1.807) is 0 Å². The molecule has 0 spiro atoms. The van der Waals surface area contributed by atoms with Crippen LogP contribution in [0, 0.1) is 0 Å². The van der Waals surface area contributed by atoms with Crippen molar-refractivity contribution in [2.75, 3.05) is 36.5 Å². The molecule has 3 rings (SSSR count). The highest BCUT2D eigenvalue weighted by Gasteiger charge is 2.28. The van der Waals surface area contributed by atoms with E-state index in [2.05, 4.69) is 26.3 Å². The highest BCUT2D eigenvalue weighted by atomic mass is 127. The van der Waals surface area contributed by atoms with Gasteiger partial charge < -0.3 is 21.3 Å². The van der Waals surface area contributed by atoms with Crippen LogP contribution in [0.1, 0.15) is 37.7 Å². The number of hydrogen-bond acceptors (Lipinski definition) is 5. The zero-order valence-corrected chi connectivity index (χ0v) is 20.7. The minimum Gasteiger partial charge on any atom is -0.357 e. The van der Waals surface area contributed by atoms with Gasteiger partial charge in [-0.25, -0.2) is 8.42 Å². The Bertz CT molecular complexity index is 922. The van der Waals surface area contributed by atoms with E-state index in [9.17, 15) is 18.0 Å². The Morgan fingerprint density at radius 1 is 1.26 bits per heavy atom. The number of carbonyl (C=O) groups is 2. The highest BCUT2D eigenvalue weighted by Crippen LogP contribution is 2.31. The number of nitrogens with one attached hydrogen (secondary N) is 4. The van der Waals surface area contributed by atoms with Crippen molar-refractivity contribution in [1.29, 1.82) is 0 Å². The maximum atomic E-state index is 12.1. The number of para-hydroxylation sites is 1. The van der Waals surface area contributed by atoms with E-state index < -0.39 is 9.84 Å². The van der Waals surface area contributed by atoms with E-state index in [1.807, 2.05) is 31.2 Å². The van der Waals surface area contributed by atoms with Crippen LogP contribution in [-0.2, 0) is 19.4 Å². The number of benzene rings is 1. The molecule has 172 valence electrons. The summed E-state index contributed by atoms with van der Waals surface area (Å²) in [4.78, 5) is 28.6. The predicted molar refractivity (Wildman–Crippen MR) is 132 cm³/mol. The van der Waals surface area contributed by atoms with Gasteiger partial charge in [0.1, 0.15) is 0 Å². The summed E-state index contributed by atoms with van der Waals surface area (Å²) in [6.07, 6.45) is 1.07. The van der Waals surface area contributed by atoms with E-state index in [0.29, 0.717) is 38.4 Å². The fraction of sp³-hybridized carbons (Fsp3) is 0.550. The number of fused-ring (bicyclic) bond motifs is 1. The second-order valence-corrected chi connectivity index (χ2v) is 9.83. The van der Waals surface area contributed by atoms with Crippen molar-refractivity contribution >= 4 is 57.3 Å². The van der Waals surface area contributed by atoms with Gasteiger partial charge in [0.2, 0.25) is 11.8 Å². The first-order valence-electron chi connectivity index (χ1n) is 10.3. The van der Waals surface area contributed by atoms with Crippen LogP contribution in [0.2, 0.25) is 0 Å². The van der Waals surface area contributed by atoms with Gasteiger partial charge in [-0.15, -0.1) is 24.0 Å². The summed E-state index contributed by atoms with van der Waals surface area (Å²) in [5.41, 5.74) is 1.90. The van der Waals surface area contributed by atoms with Gasteiger partial charge in [-0.2, -0.15) is 0 Å². The third kappa shape index (κ3) is 7.63. The molecule has 0 aliphatic carbocycles. The summed E-state index contributed by atoms with van der Waals surface area (Å²) in [6.45, 7) is 3.44. The first-order valence-corrected chi connectivity index (χ1v) is 12.1. The predicted octanol–water partition coefficient (Wildman–Crippen LogP) is 0.979. The van der Waals surface area contributed by atoms with Gasteiger partial charge in [0, 0.05) is 43.6 Å². The average molecular weight is 563 g/mol. The number of guanidine groups is 1. The molecule has 31 heavy (non-hydrogen) atoms. The first kappa shape index (κ1) is 25.4. The fourth-order valence-corrected chi connectivity index (χ4v) is 5.38. The topological polar surface area (TPSA) is 129 Å². The van der Waals surface area contributed by atoms with Gasteiger partial charge in [0.25, 0.3) is 0 Å². The van der Waals surface area contributed by atoms with Gasteiger partial charge in [-0.3, -0.25) is 14.6 Å². The molecule has 1 aromatic rings. The summed E-state index contributed by atoms with van der Waals surface area (Å²) in [7, 11) is -3.01. The van der Waals surface area contributed by atoms with Crippen molar-refractivity contribution < 1.29 is 18.0 Å². The molecule has 0 bridgehead atoms. The average Bonchev–Trinajstić information content (AvgIpc) is 3.03. The number of halogens is 1. The highest BCUT2D eigenvalue weighted by molar-refractivity contribution is 14.0. The van der Waals surface area contributed by atoms with Crippen LogP contribution in [0.15, 0.2) is 29.3 Å². The number of anilines is 1. The smallest absolute Gasteiger partial charge is 0.225 e. The lowest BCUT2D eigenvalue weighted by Gasteiger charge is -2.24. The van der Waals surface area contributed by atoms with Gasteiger partial charge in [-0.05, 0) is 25.0 Å². The molecule has 2 heterocycles. The molecule has 11 heteroatoms. The molecule has 4 N–H and O–H groups in total. The Kier molecular flexibility index (Phi) is 9.54. The van der Waals surface area contributed by atoms with Crippen LogP contribution in [0.25, 0.3) is 0 Å². The Balaban J connectivity index is 0.00000341. The molecule has 2 atom stereocenters. The summed E-state index contributed by atoms with van der Waals surface area (Å²) in [6, 6.07) is 7.44. The molecule has 1 aromatic carbocycles. The van der Waals surface area contributed by atoms with E-state index >= 15 is 0 Å². The number of rotatable bonds is 7. The zero-order valence-electron chi connectivity index (χ0n) is 17.5. The largest absolute Gasteiger partial charge is 0.357 e. The lowest BCUT2D eigenvalue weighted by molar-refractivity contribution is -0.121. The second-order valence-electron chi connectivity index (χ2n) is 7.60. The number of nitrogens with zero attached hydrogens (tertiary/aromatic N) is 1. The van der Waals surface area contributed by atoms with E-state index in [1.165, 1.54) is 0 Å². The molecule has 0 aromatic heterocycles. The number of hydrogen-bond donors (Lipinski definition) is 4. The lowest BCUT2D eigenvalue weighted by Crippen LogP contribution is -2.41. The maximum absolute atomic E-state index is 12.1. The Labute approximate surface area is 200 Å². The van der Waals surface area contributed by atoms with Crippen LogP contribution in [0.4, 0.5) is 5.69 Å². The maximum Gasteiger partial charge on any atom is 0.225 e. The third-order valence-electron chi connectivity index (χ3n) is 5.16. The number of sulfone groups is 1. The number of amides is 2. The van der Waals surface area contributed by atoms with Crippen LogP contribution < -0.4 is 21.3 Å². The summed E-state index contributed by atoms with van der Waals surface area (Å²) in [5.74, 6) is 0.536. The number of aliphatic imine (C=N–C) groups is 1. The summed E-state index contributed by atoms with van der Waals surface area (Å²) in [5, 5.41) is 11.9. The fourth-order valence-electron chi connectivity index (χ4n) is 3.71. The van der Waals surface area contributed by atoms with Gasteiger partial charge in [0.05, 0.1) is 18.1 Å². The van der Waals surface area contributed by atoms with E-state index in [-0.39, 0.29) is 65.7 Å². The van der Waals surface area contributed by atoms with Crippen LogP contribution in [0.5, 0.6) is 0 Å². The van der Waals surface area contributed by atoms with Crippen molar-refractivity contribution in [1.82, 2.24) is 16.0 Å². The van der Waals surface area contributed by atoms with Crippen LogP contribution in [-0.4, -0.2) is 63.4 Å². The van der Waals surface area contributed by atoms with Gasteiger partial charge >= 0.3 is 0 Å². The molecular formula is C20H30IN5O4S. The second kappa shape index (κ2) is 11.7. The van der Waals surface area contributed by atoms with Crippen LogP contribution >= 0.6 is 24.0 Å². The van der Waals surface area contributed by atoms with Crippen molar-refractivity contribution in [3.05, 3.63) is 29.8 Å². The van der Waals surface area contributed by atoms with Crippen LogP contribution in [0.3, 0.4) is 0 Å². The molecule has 1 saturated heterocycles. The van der Waals surface area contributed by atoms with Crippen molar-refractivity contribution in [2.24, 2.45) is 4.99 Å². The minimum atomic E-state index is -3.01. The van der Waals surface area contributed by atoms with E-state index in [0.717, 1.165) is 11.3 Å². The quantitative estimate of drug-likeness (QED) is 0.223. The van der Waals surface area contributed by atoms with E-state index in [4.69, 9.17) is 0 Å². The normalized spacial score (nSPS) is 22.0. The molecular weight excluding hydrogens is 533 g/mol. The molecule has 0 radical (unpaired) electrons. The summed E-state index contributed by atoms with van der Waals surface area (Å²) < 4.78 is 23.0. The Morgan fingerprint density at radius 2 is 2.03 bits per heavy atom. The minimum absolute atomic E-state index is 0. The standard InChI is InChI=1S/C20H29N5O4S.HI/c1-2-21-20(22-9-7-18(26)24-15-8-10-30(28,29)13-15)23-12-14-11-19(27)25-17-6-4-3-5-16(14)17;/h3-6,14-15H,2,7-13H2,1H3,(H,24,26)(H,25,27)(H2,21,22,23);1H. The lowest BCUT2D eigenvalue weighted by atomic mass is 9.91.